The minimum atomic E-state index is -0.180. The summed E-state index contributed by atoms with van der Waals surface area (Å²) < 4.78 is 5.77. The molecule has 0 aromatic heterocycles. The molecular weight excluding hydrogens is 390 g/mol. The van der Waals surface area contributed by atoms with E-state index in [1.165, 1.54) is 0 Å². The molecule has 31 heavy (non-hydrogen) atoms. The number of ether oxygens (including phenoxy) is 1. The number of nitrogens with one attached hydrogen (secondary N) is 3. The molecule has 6 nitrogen and oxygen atoms in total. The molecule has 0 heterocycles. The van der Waals surface area contributed by atoms with Gasteiger partial charge in [0.15, 0.2) is 0 Å². The predicted octanol–water partition coefficient (Wildman–Crippen LogP) is 4.97. The van der Waals surface area contributed by atoms with Crippen LogP contribution in [0.1, 0.15) is 24.5 Å². The Kier molecular flexibility index (Phi) is 7.65. The lowest BCUT2D eigenvalue weighted by molar-refractivity contribution is -0.116. The Hall–Kier alpha value is -3.80. The summed E-state index contributed by atoms with van der Waals surface area (Å²) >= 11 is 0. The van der Waals surface area contributed by atoms with Crippen LogP contribution in [-0.4, -0.2) is 18.4 Å². The lowest BCUT2D eigenvalue weighted by Gasteiger charge is -2.12. The number of carbonyl (C=O) groups excluding carboxylic acids is 2. The largest absolute Gasteiger partial charge is 0.489 e. The highest BCUT2D eigenvalue weighted by Crippen LogP contribution is 2.21. The van der Waals surface area contributed by atoms with Gasteiger partial charge in [-0.3, -0.25) is 9.59 Å². The second kappa shape index (κ2) is 10.8. The molecule has 0 saturated heterocycles. The number of aryl methyl sites for hydroxylation is 1. The molecule has 3 aromatic carbocycles. The molecular formula is C25H27N3O3. The maximum atomic E-state index is 12.3. The molecule has 3 N–H and O–H groups in total. The van der Waals surface area contributed by atoms with Crippen LogP contribution in [0.5, 0.6) is 5.75 Å². The molecule has 0 atom stereocenters. The standard InChI is InChI=1S/C25H27N3O3/c1-3-24(29)28-23-15-21(10-9-18(23)2)27-25(30)16-26-20-11-13-22(14-12-20)31-17-19-7-5-4-6-8-19/h4-15,26H,3,16-17H2,1-2H3,(H,27,30)(H,28,29). The maximum Gasteiger partial charge on any atom is 0.243 e. The third-order valence-corrected chi connectivity index (χ3v) is 4.67. The first-order chi connectivity index (χ1) is 15.0. The van der Waals surface area contributed by atoms with Crippen molar-refractivity contribution in [1.29, 1.82) is 0 Å². The summed E-state index contributed by atoms with van der Waals surface area (Å²) in [5.41, 5.74) is 4.20. The van der Waals surface area contributed by atoms with Gasteiger partial charge in [0.1, 0.15) is 12.4 Å². The number of hydrogen-bond donors (Lipinski definition) is 3. The normalized spacial score (nSPS) is 10.3. The molecule has 3 aromatic rings. The highest BCUT2D eigenvalue weighted by Gasteiger charge is 2.07. The van der Waals surface area contributed by atoms with E-state index < -0.39 is 0 Å². The van der Waals surface area contributed by atoms with Crippen molar-refractivity contribution in [3.05, 3.63) is 83.9 Å². The third-order valence-electron chi connectivity index (χ3n) is 4.67. The van der Waals surface area contributed by atoms with Gasteiger partial charge in [-0.25, -0.2) is 0 Å². The van der Waals surface area contributed by atoms with Crippen molar-refractivity contribution in [2.24, 2.45) is 0 Å². The fraction of sp³-hybridized carbons (Fsp3) is 0.200. The lowest BCUT2D eigenvalue weighted by Crippen LogP contribution is -2.22. The van der Waals surface area contributed by atoms with Gasteiger partial charge in [-0.1, -0.05) is 43.3 Å². The molecule has 160 valence electrons. The van der Waals surface area contributed by atoms with Gasteiger partial charge in [0.05, 0.1) is 6.54 Å². The zero-order valence-electron chi connectivity index (χ0n) is 17.8. The Bertz CT molecular complexity index is 1020. The zero-order chi connectivity index (χ0) is 22.1. The van der Waals surface area contributed by atoms with Crippen molar-refractivity contribution in [3.63, 3.8) is 0 Å². The van der Waals surface area contributed by atoms with Gasteiger partial charge >= 0.3 is 0 Å². The molecule has 0 radical (unpaired) electrons. The first-order valence-electron chi connectivity index (χ1n) is 10.2. The smallest absolute Gasteiger partial charge is 0.243 e. The zero-order valence-corrected chi connectivity index (χ0v) is 17.8. The third kappa shape index (κ3) is 6.89. The summed E-state index contributed by atoms with van der Waals surface area (Å²) in [6.45, 7) is 4.33. The highest BCUT2D eigenvalue weighted by atomic mass is 16.5. The monoisotopic (exact) mass is 417 g/mol. The van der Waals surface area contributed by atoms with Gasteiger partial charge < -0.3 is 20.7 Å². The van der Waals surface area contributed by atoms with Crippen LogP contribution < -0.4 is 20.7 Å². The Morgan fingerprint density at radius 2 is 1.55 bits per heavy atom. The van der Waals surface area contributed by atoms with Gasteiger partial charge in [-0.05, 0) is 54.4 Å². The molecule has 0 aliphatic rings. The van der Waals surface area contributed by atoms with Crippen molar-refractivity contribution < 1.29 is 14.3 Å². The number of carbonyl (C=O) groups is 2. The maximum absolute atomic E-state index is 12.3. The van der Waals surface area contributed by atoms with E-state index in [0.717, 1.165) is 22.6 Å². The summed E-state index contributed by atoms with van der Waals surface area (Å²) in [6.07, 6.45) is 0.399. The van der Waals surface area contributed by atoms with E-state index in [2.05, 4.69) is 16.0 Å². The van der Waals surface area contributed by atoms with Crippen LogP contribution in [0.4, 0.5) is 17.1 Å². The molecule has 6 heteroatoms. The lowest BCUT2D eigenvalue weighted by atomic mass is 10.1. The Labute approximate surface area is 182 Å². The van der Waals surface area contributed by atoms with E-state index in [0.29, 0.717) is 24.4 Å². The molecule has 0 bridgehead atoms. The first-order valence-corrected chi connectivity index (χ1v) is 10.2. The van der Waals surface area contributed by atoms with Crippen molar-refractivity contribution in [2.45, 2.75) is 26.9 Å². The molecule has 0 aliphatic heterocycles. The van der Waals surface area contributed by atoms with Crippen molar-refractivity contribution in [2.75, 3.05) is 22.5 Å². The minimum absolute atomic E-state index is 0.0653. The Morgan fingerprint density at radius 3 is 2.26 bits per heavy atom. The van der Waals surface area contributed by atoms with Crippen LogP contribution >= 0.6 is 0 Å². The van der Waals surface area contributed by atoms with E-state index in [9.17, 15) is 9.59 Å². The molecule has 0 saturated carbocycles. The van der Waals surface area contributed by atoms with E-state index >= 15 is 0 Å². The number of hydrogen-bond acceptors (Lipinski definition) is 4. The Morgan fingerprint density at radius 1 is 0.839 bits per heavy atom. The molecule has 3 rings (SSSR count). The average molecular weight is 418 g/mol. The molecule has 0 unspecified atom stereocenters. The minimum Gasteiger partial charge on any atom is -0.489 e. The van der Waals surface area contributed by atoms with E-state index in [-0.39, 0.29) is 18.4 Å². The van der Waals surface area contributed by atoms with Crippen molar-refractivity contribution in [3.8, 4) is 5.75 Å². The summed E-state index contributed by atoms with van der Waals surface area (Å²) in [7, 11) is 0. The molecule has 0 aliphatic carbocycles. The van der Waals surface area contributed by atoms with Crippen LogP contribution in [0, 0.1) is 6.92 Å². The number of benzene rings is 3. The second-order valence-corrected chi connectivity index (χ2v) is 7.13. The summed E-state index contributed by atoms with van der Waals surface area (Å²) in [6, 6.07) is 22.9. The average Bonchev–Trinajstić information content (AvgIpc) is 2.80. The van der Waals surface area contributed by atoms with Crippen molar-refractivity contribution >= 4 is 28.9 Å². The van der Waals surface area contributed by atoms with Gasteiger partial charge in [0.2, 0.25) is 11.8 Å². The topological polar surface area (TPSA) is 79.5 Å². The number of rotatable bonds is 9. The molecule has 0 spiro atoms. The second-order valence-electron chi connectivity index (χ2n) is 7.13. The van der Waals surface area contributed by atoms with E-state index in [1.54, 1.807) is 13.0 Å². The highest BCUT2D eigenvalue weighted by molar-refractivity contribution is 5.96. The predicted molar refractivity (Wildman–Crippen MR) is 124 cm³/mol. The first kappa shape index (κ1) is 21.9. The summed E-state index contributed by atoms with van der Waals surface area (Å²) in [5, 5.41) is 8.78. The van der Waals surface area contributed by atoms with Crippen LogP contribution in [0.15, 0.2) is 72.8 Å². The van der Waals surface area contributed by atoms with Gasteiger partial charge in [0.25, 0.3) is 0 Å². The number of amides is 2. The summed E-state index contributed by atoms with van der Waals surface area (Å²) in [5.74, 6) is 0.519. The van der Waals surface area contributed by atoms with Crippen LogP contribution in [0.25, 0.3) is 0 Å². The van der Waals surface area contributed by atoms with Crippen LogP contribution in [0.2, 0.25) is 0 Å². The van der Waals surface area contributed by atoms with Gasteiger partial charge in [-0.15, -0.1) is 0 Å². The van der Waals surface area contributed by atoms with Gasteiger partial charge in [0, 0.05) is 23.5 Å². The summed E-state index contributed by atoms with van der Waals surface area (Å²) in [4.78, 5) is 23.9. The van der Waals surface area contributed by atoms with E-state index in [1.807, 2.05) is 73.7 Å². The number of anilines is 3. The van der Waals surface area contributed by atoms with Gasteiger partial charge in [-0.2, -0.15) is 0 Å². The SMILES string of the molecule is CCC(=O)Nc1cc(NC(=O)CNc2ccc(OCc3ccccc3)cc2)ccc1C. The fourth-order valence-corrected chi connectivity index (χ4v) is 2.87. The fourth-order valence-electron chi connectivity index (χ4n) is 2.87. The molecule has 2 amide bonds. The van der Waals surface area contributed by atoms with Crippen molar-refractivity contribution in [1.82, 2.24) is 0 Å². The Balaban J connectivity index is 1.48. The van der Waals surface area contributed by atoms with E-state index in [4.69, 9.17) is 4.74 Å². The van der Waals surface area contributed by atoms with Crippen LogP contribution in [-0.2, 0) is 16.2 Å². The molecule has 0 fully saturated rings. The quantitative estimate of drug-likeness (QED) is 0.459. The van der Waals surface area contributed by atoms with Crippen LogP contribution in [0.3, 0.4) is 0 Å².